The second-order valence-corrected chi connectivity index (χ2v) is 10.2. The number of esters is 1. The minimum absolute atomic E-state index is 0.00263. The lowest BCUT2D eigenvalue weighted by atomic mass is 9.82. The number of nitrogens with one attached hydrogen (secondary N) is 2. The van der Waals surface area contributed by atoms with Crippen molar-refractivity contribution in [2.45, 2.75) is 68.4 Å². The Bertz CT molecular complexity index is 1050. The Hall–Kier alpha value is -2.99. The maximum absolute atomic E-state index is 12.7. The largest absolute Gasteiger partial charge is 0.452 e. The summed E-state index contributed by atoms with van der Waals surface area (Å²) in [5.41, 5.74) is -0.0488. The Morgan fingerprint density at radius 1 is 1.18 bits per heavy atom. The topological polar surface area (TPSA) is 165 Å². The summed E-state index contributed by atoms with van der Waals surface area (Å²) in [4.78, 5) is 50.4. The van der Waals surface area contributed by atoms with Crippen molar-refractivity contribution in [2.75, 3.05) is 13.1 Å². The number of sulfonamides is 1. The Kier molecular flexibility index (Phi) is 7.93. The number of ether oxygens (including phenoxy) is 1. The summed E-state index contributed by atoms with van der Waals surface area (Å²) >= 11 is 0. The van der Waals surface area contributed by atoms with Crippen LogP contribution in [0.15, 0.2) is 29.2 Å². The highest BCUT2D eigenvalue weighted by Crippen LogP contribution is 2.33. The molecule has 1 aromatic carbocycles. The third-order valence-electron chi connectivity index (χ3n) is 6.13. The predicted molar refractivity (Wildman–Crippen MR) is 121 cm³/mol. The fourth-order valence-electron chi connectivity index (χ4n) is 4.21. The number of imide groups is 1. The number of primary sulfonamides is 1. The van der Waals surface area contributed by atoms with E-state index in [2.05, 4.69) is 10.6 Å². The van der Waals surface area contributed by atoms with Gasteiger partial charge in [0, 0.05) is 13.1 Å². The van der Waals surface area contributed by atoms with Crippen LogP contribution < -0.4 is 15.8 Å². The van der Waals surface area contributed by atoms with E-state index in [-0.39, 0.29) is 30.3 Å². The van der Waals surface area contributed by atoms with Crippen LogP contribution in [0.5, 0.6) is 0 Å². The summed E-state index contributed by atoms with van der Waals surface area (Å²) in [6.07, 6.45) is 3.16. The average Bonchev–Trinajstić information content (AvgIpc) is 3.01. The lowest BCUT2D eigenvalue weighted by Gasteiger charge is -2.30. The molecule has 12 heteroatoms. The van der Waals surface area contributed by atoms with E-state index >= 15 is 0 Å². The molecule has 4 amide bonds. The van der Waals surface area contributed by atoms with Gasteiger partial charge >= 0.3 is 12.0 Å². The predicted octanol–water partition coefficient (Wildman–Crippen LogP) is 0.569. The number of carbonyl (C=O) groups excluding carboxylic acids is 4. The molecular formula is C22H30N4O7S. The van der Waals surface area contributed by atoms with Gasteiger partial charge < -0.3 is 15.4 Å². The number of hydrogen-bond acceptors (Lipinski definition) is 7. The van der Waals surface area contributed by atoms with Crippen molar-refractivity contribution < 1.29 is 32.3 Å². The van der Waals surface area contributed by atoms with Crippen LogP contribution in [0.1, 0.15) is 51.0 Å². The van der Waals surface area contributed by atoms with Crippen LogP contribution in [0.25, 0.3) is 0 Å². The van der Waals surface area contributed by atoms with Crippen LogP contribution in [0.3, 0.4) is 0 Å². The van der Waals surface area contributed by atoms with Gasteiger partial charge in [-0.1, -0.05) is 31.4 Å². The van der Waals surface area contributed by atoms with Gasteiger partial charge in [-0.25, -0.2) is 18.4 Å². The van der Waals surface area contributed by atoms with Gasteiger partial charge in [0.1, 0.15) is 5.54 Å². The zero-order valence-corrected chi connectivity index (χ0v) is 19.9. The molecular weight excluding hydrogens is 464 g/mol. The highest BCUT2D eigenvalue weighted by atomic mass is 32.2. The number of rotatable bonds is 9. The molecule has 3 rings (SSSR count). The van der Waals surface area contributed by atoms with E-state index < -0.39 is 39.6 Å². The van der Waals surface area contributed by atoms with Crippen LogP contribution in [0.2, 0.25) is 0 Å². The van der Waals surface area contributed by atoms with E-state index in [9.17, 15) is 27.6 Å². The molecule has 1 heterocycles. The number of urea groups is 1. The Labute approximate surface area is 198 Å². The summed E-state index contributed by atoms with van der Waals surface area (Å²) < 4.78 is 27.7. The number of hydrogen-bond donors (Lipinski definition) is 3. The smallest absolute Gasteiger partial charge is 0.325 e. The van der Waals surface area contributed by atoms with E-state index in [1.54, 1.807) is 12.1 Å². The van der Waals surface area contributed by atoms with Crippen LogP contribution in [-0.2, 0) is 35.6 Å². The normalized spacial score (nSPS) is 18.5. The molecule has 1 aromatic rings. The molecule has 2 aliphatic rings. The number of benzene rings is 1. The summed E-state index contributed by atoms with van der Waals surface area (Å²) in [6, 6.07) is 5.48. The SMILES string of the molecule is CC(OC(=O)CCN1C(=O)NC2(CCCCC2)C1=O)C(=O)NCCc1ccc(S(N)(=O)=O)cc1. The van der Waals surface area contributed by atoms with Gasteiger partial charge in [-0.05, 0) is 43.9 Å². The van der Waals surface area contributed by atoms with E-state index in [1.165, 1.54) is 19.1 Å². The standard InChI is InChI=1S/C22H30N4O7S/c1-15(19(28)24-13-9-16-5-7-17(8-6-16)34(23,31)32)33-18(27)10-14-26-20(29)22(25-21(26)30)11-3-2-4-12-22/h5-8,15H,2-4,9-14H2,1H3,(H,24,28)(H,25,30)(H2,23,31,32). The highest BCUT2D eigenvalue weighted by Gasteiger charge is 2.51. The Morgan fingerprint density at radius 3 is 2.44 bits per heavy atom. The number of carbonyl (C=O) groups is 4. The molecule has 186 valence electrons. The first-order valence-corrected chi connectivity index (χ1v) is 12.8. The zero-order chi connectivity index (χ0) is 24.9. The highest BCUT2D eigenvalue weighted by molar-refractivity contribution is 7.89. The third kappa shape index (κ3) is 6.11. The molecule has 34 heavy (non-hydrogen) atoms. The van der Waals surface area contributed by atoms with Crippen LogP contribution in [0.4, 0.5) is 4.79 Å². The molecule has 1 atom stereocenters. The van der Waals surface area contributed by atoms with Crippen molar-refractivity contribution in [1.29, 1.82) is 0 Å². The van der Waals surface area contributed by atoms with Crippen LogP contribution >= 0.6 is 0 Å². The molecule has 4 N–H and O–H groups in total. The maximum Gasteiger partial charge on any atom is 0.325 e. The van der Waals surface area contributed by atoms with Gasteiger partial charge in [-0.3, -0.25) is 19.3 Å². The van der Waals surface area contributed by atoms with E-state index in [4.69, 9.17) is 9.88 Å². The quantitative estimate of drug-likeness (QED) is 0.333. The Balaban J connectivity index is 1.39. The molecule has 1 unspecified atom stereocenters. The fraction of sp³-hybridized carbons (Fsp3) is 0.545. The Morgan fingerprint density at radius 2 is 1.82 bits per heavy atom. The van der Waals surface area contributed by atoms with Crippen molar-refractivity contribution in [2.24, 2.45) is 5.14 Å². The monoisotopic (exact) mass is 494 g/mol. The number of nitrogens with zero attached hydrogens (tertiary/aromatic N) is 1. The molecule has 1 saturated heterocycles. The fourth-order valence-corrected chi connectivity index (χ4v) is 4.72. The number of amides is 4. The van der Waals surface area contributed by atoms with Gasteiger partial charge in [-0.15, -0.1) is 0 Å². The first kappa shape index (κ1) is 25.6. The van der Waals surface area contributed by atoms with Crippen molar-refractivity contribution >= 4 is 33.8 Å². The van der Waals surface area contributed by atoms with Gasteiger partial charge in [0.05, 0.1) is 11.3 Å². The minimum atomic E-state index is -3.76. The van der Waals surface area contributed by atoms with Crippen molar-refractivity contribution in [3.05, 3.63) is 29.8 Å². The lowest BCUT2D eigenvalue weighted by Crippen LogP contribution is -2.48. The second kappa shape index (κ2) is 10.5. The van der Waals surface area contributed by atoms with Crippen LogP contribution in [0, 0.1) is 0 Å². The maximum atomic E-state index is 12.7. The van der Waals surface area contributed by atoms with Crippen molar-refractivity contribution in [3.63, 3.8) is 0 Å². The first-order valence-electron chi connectivity index (χ1n) is 11.2. The lowest BCUT2D eigenvalue weighted by molar-refractivity contribution is -0.155. The average molecular weight is 495 g/mol. The molecule has 1 spiro atoms. The summed E-state index contributed by atoms with van der Waals surface area (Å²) in [7, 11) is -3.76. The molecule has 0 bridgehead atoms. The summed E-state index contributed by atoms with van der Waals surface area (Å²) in [5.74, 6) is -1.48. The molecule has 0 aromatic heterocycles. The van der Waals surface area contributed by atoms with Gasteiger partial charge in [0.2, 0.25) is 10.0 Å². The minimum Gasteiger partial charge on any atom is -0.452 e. The first-order chi connectivity index (χ1) is 16.0. The van der Waals surface area contributed by atoms with E-state index in [1.807, 2.05) is 0 Å². The van der Waals surface area contributed by atoms with E-state index in [0.29, 0.717) is 19.3 Å². The van der Waals surface area contributed by atoms with Gasteiger partial charge in [0.25, 0.3) is 11.8 Å². The molecule has 1 aliphatic heterocycles. The second-order valence-electron chi connectivity index (χ2n) is 8.64. The third-order valence-corrected chi connectivity index (χ3v) is 7.06. The van der Waals surface area contributed by atoms with Crippen molar-refractivity contribution in [3.8, 4) is 0 Å². The van der Waals surface area contributed by atoms with Crippen LogP contribution in [-0.4, -0.2) is 61.9 Å². The van der Waals surface area contributed by atoms with Crippen molar-refractivity contribution in [1.82, 2.24) is 15.5 Å². The van der Waals surface area contributed by atoms with Gasteiger partial charge in [0.15, 0.2) is 6.10 Å². The molecule has 2 fully saturated rings. The summed E-state index contributed by atoms with van der Waals surface area (Å²) in [6.45, 7) is 1.58. The molecule has 0 radical (unpaired) electrons. The molecule has 1 aliphatic carbocycles. The summed E-state index contributed by atoms with van der Waals surface area (Å²) in [5, 5.41) is 10.5. The van der Waals surface area contributed by atoms with E-state index in [0.717, 1.165) is 29.7 Å². The molecule has 11 nitrogen and oxygen atoms in total. The zero-order valence-electron chi connectivity index (χ0n) is 19.0. The van der Waals surface area contributed by atoms with Gasteiger partial charge in [-0.2, -0.15) is 0 Å². The number of nitrogens with two attached hydrogens (primary N) is 1. The molecule has 1 saturated carbocycles.